The number of hydrogen-bond acceptors (Lipinski definition) is 8. The van der Waals surface area contributed by atoms with Crippen LogP contribution in [0.1, 0.15) is 37.6 Å². The van der Waals surface area contributed by atoms with Crippen LogP contribution in [0.2, 0.25) is 0 Å². The van der Waals surface area contributed by atoms with Crippen LogP contribution < -0.4 is 16.4 Å². The third-order valence-electron chi connectivity index (χ3n) is 7.21. The molecule has 2 aromatic carbocycles. The second-order valence-electron chi connectivity index (χ2n) is 10.0. The van der Waals surface area contributed by atoms with Crippen LogP contribution in [-0.2, 0) is 25.6 Å². The first-order chi connectivity index (χ1) is 20.5. The number of thiophene rings is 1. The molecule has 14 heteroatoms. The van der Waals surface area contributed by atoms with Gasteiger partial charge in [0.15, 0.2) is 5.79 Å². The number of carboxylic acid groups (broad SMARTS) is 1. The number of nitrogens with one attached hydrogen (secondary N) is 3. The lowest BCUT2D eigenvalue weighted by Gasteiger charge is -2.24. The van der Waals surface area contributed by atoms with Crippen molar-refractivity contribution in [3.63, 3.8) is 0 Å². The molecule has 0 radical (unpaired) electrons. The van der Waals surface area contributed by atoms with Crippen molar-refractivity contribution >= 4 is 40.9 Å². The smallest absolute Gasteiger partial charge is 0.338 e. The normalized spacial score (nSPS) is 17.1. The molecule has 1 spiro atoms. The van der Waals surface area contributed by atoms with Crippen molar-refractivity contribution in [2.24, 2.45) is 5.73 Å². The van der Waals surface area contributed by atoms with Gasteiger partial charge in [0.25, 0.3) is 5.91 Å². The molecule has 1 atom stereocenters. The number of aromatic carboxylic acids is 1. The molecule has 224 valence electrons. The third-order valence-corrected chi connectivity index (χ3v) is 8.14. The van der Waals surface area contributed by atoms with Gasteiger partial charge in [0, 0.05) is 27.8 Å². The number of rotatable bonds is 9. The van der Waals surface area contributed by atoms with Crippen LogP contribution >= 0.6 is 11.3 Å². The Hall–Kier alpha value is -4.66. The summed E-state index contributed by atoms with van der Waals surface area (Å²) in [4.78, 5) is 52.6. The Balaban J connectivity index is 1.21. The zero-order chi connectivity index (χ0) is 30.7. The summed E-state index contributed by atoms with van der Waals surface area (Å²) in [6.07, 6.45) is 0.135. The maximum atomic E-state index is 13.7. The van der Waals surface area contributed by atoms with E-state index in [1.165, 1.54) is 40.5 Å². The van der Waals surface area contributed by atoms with Gasteiger partial charge in [-0.05, 0) is 41.5 Å². The van der Waals surface area contributed by atoms with Crippen LogP contribution in [0.4, 0.5) is 4.39 Å². The molecule has 1 aromatic heterocycles. The minimum Gasteiger partial charge on any atom is -0.478 e. The van der Waals surface area contributed by atoms with E-state index in [-0.39, 0.29) is 37.5 Å². The first-order valence-electron chi connectivity index (χ1n) is 13.2. The van der Waals surface area contributed by atoms with E-state index in [1.54, 1.807) is 23.6 Å². The van der Waals surface area contributed by atoms with E-state index in [1.807, 2.05) is 0 Å². The number of hydrogen-bond donors (Lipinski definition) is 5. The SMILES string of the molecule is N=C(N)c1csc(CNC(=O)[C@@H]2CC3(CN2C(=O)CNC(=O)c2ccc(-c4ccc(F)c(C(=O)O)c4)cc2)OCCO3)c1. The molecule has 2 aliphatic rings. The number of nitrogens with two attached hydrogens (primary N) is 1. The van der Waals surface area contributed by atoms with Gasteiger partial charge in [0.05, 0.1) is 38.4 Å². The summed E-state index contributed by atoms with van der Waals surface area (Å²) >= 11 is 1.35. The number of amidine groups is 1. The van der Waals surface area contributed by atoms with Crippen LogP contribution in [0.5, 0.6) is 0 Å². The lowest BCUT2D eigenvalue weighted by atomic mass is 10.0. The van der Waals surface area contributed by atoms with E-state index < -0.39 is 46.9 Å². The third kappa shape index (κ3) is 6.56. The largest absolute Gasteiger partial charge is 0.478 e. The summed E-state index contributed by atoms with van der Waals surface area (Å²) in [5, 5.41) is 23.8. The Kier molecular flexibility index (Phi) is 8.52. The summed E-state index contributed by atoms with van der Waals surface area (Å²) in [6, 6.07) is 10.7. The number of nitrogen functional groups attached to an aromatic ring is 1. The first-order valence-corrected chi connectivity index (χ1v) is 14.1. The predicted molar refractivity (Wildman–Crippen MR) is 153 cm³/mol. The molecule has 0 aliphatic carbocycles. The van der Waals surface area contributed by atoms with Crippen molar-refractivity contribution in [1.29, 1.82) is 5.41 Å². The van der Waals surface area contributed by atoms with E-state index >= 15 is 0 Å². The summed E-state index contributed by atoms with van der Waals surface area (Å²) in [5.41, 5.74) is 6.88. The fourth-order valence-electron chi connectivity index (χ4n) is 4.99. The molecule has 3 heterocycles. The van der Waals surface area contributed by atoms with E-state index in [9.17, 15) is 23.6 Å². The molecule has 2 aliphatic heterocycles. The van der Waals surface area contributed by atoms with Crippen LogP contribution in [0, 0.1) is 11.2 Å². The van der Waals surface area contributed by atoms with Crippen molar-refractivity contribution in [3.8, 4) is 11.1 Å². The van der Waals surface area contributed by atoms with Crippen molar-refractivity contribution in [1.82, 2.24) is 15.5 Å². The minimum absolute atomic E-state index is 0.0258. The molecule has 0 saturated carbocycles. The molecule has 0 unspecified atom stereocenters. The number of carboxylic acids is 1. The van der Waals surface area contributed by atoms with Gasteiger partial charge in [-0.1, -0.05) is 18.2 Å². The maximum Gasteiger partial charge on any atom is 0.338 e. The van der Waals surface area contributed by atoms with Crippen molar-refractivity contribution < 1.29 is 38.1 Å². The average molecular weight is 610 g/mol. The quantitative estimate of drug-likeness (QED) is 0.180. The molecule has 6 N–H and O–H groups in total. The molecule has 5 rings (SSSR count). The molecule has 3 amide bonds. The van der Waals surface area contributed by atoms with Crippen molar-refractivity contribution in [2.45, 2.75) is 24.8 Å². The molecule has 2 fully saturated rings. The molecule has 0 bridgehead atoms. The van der Waals surface area contributed by atoms with Crippen LogP contribution in [-0.4, -0.2) is 77.7 Å². The van der Waals surface area contributed by atoms with Gasteiger partial charge in [0.1, 0.15) is 17.7 Å². The highest BCUT2D eigenvalue weighted by atomic mass is 32.1. The summed E-state index contributed by atoms with van der Waals surface area (Å²) < 4.78 is 25.2. The molecule has 2 saturated heterocycles. The summed E-state index contributed by atoms with van der Waals surface area (Å²) in [5.74, 6) is -4.84. The zero-order valence-electron chi connectivity index (χ0n) is 22.7. The lowest BCUT2D eigenvalue weighted by Crippen LogP contribution is -2.49. The molecule has 12 nitrogen and oxygen atoms in total. The number of halogens is 1. The Morgan fingerprint density at radius 1 is 1.05 bits per heavy atom. The number of ether oxygens (including phenoxy) is 2. The number of carbonyl (C=O) groups excluding carboxylic acids is 3. The second-order valence-corrected chi connectivity index (χ2v) is 11.0. The fourth-order valence-corrected chi connectivity index (χ4v) is 5.81. The maximum absolute atomic E-state index is 13.7. The predicted octanol–water partition coefficient (Wildman–Crippen LogP) is 1.93. The number of amides is 3. The van der Waals surface area contributed by atoms with E-state index in [0.717, 1.165) is 10.9 Å². The van der Waals surface area contributed by atoms with Crippen LogP contribution in [0.25, 0.3) is 11.1 Å². The Morgan fingerprint density at radius 2 is 1.74 bits per heavy atom. The zero-order valence-corrected chi connectivity index (χ0v) is 23.5. The van der Waals surface area contributed by atoms with E-state index in [2.05, 4.69) is 10.6 Å². The topological polar surface area (TPSA) is 184 Å². The Morgan fingerprint density at radius 3 is 2.40 bits per heavy atom. The fraction of sp³-hybridized carbons (Fsp3) is 0.276. The highest BCUT2D eigenvalue weighted by Gasteiger charge is 2.52. The lowest BCUT2D eigenvalue weighted by molar-refractivity contribution is -0.152. The van der Waals surface area contributed by atoms with Gasteiger partial charge in [-0.15, -0.1) is 11.3 Å². The Labute approximate surface area is 249 Å². The van der Waals surface area contributed by atoms with Gasteiger partial charge in [0.2, 0.25) is 11.8 Å². The molecule has 43 heavy (non-hydrogen) atoms. The van der Waals surface area contributed by atoms with Crippen LogP contribution in [0.3, 0.4) is 0 Å². The first kappa shape index (κ1) is 29.8. The van der Waals surface area contributed by atoms with Gasteiger partial charge in [-0.3, -0.25) is 19.8 Å². The number of likely N-dealkylation sites (tertiary alicyclic amines) is 1. The molecular formula is C29H28FN5O7S. The number of benzene rings is 2. The minimum atomic E-state index is -1.39. The van der Waals surface area contributed by atoms with Crippen LogP contribution in [0.15, 0.2) is 53.9 Å². The molecule has 3 aromatic rings. The van der Waals surface area contributed by atoms with Gasteiger partial charge in [-0.25, -0.2) is 9.18 Å². The second kappa shape index (κ2) is 12.3. The highest BCUT2D eigenvalue weighted by Crippen LogP contribution is 2.35. The molecular weight excluding hydrogens is 581 g/mol. The van der Waals surface area contributed by atoms with Crippen molar-refractivity contribution in [3.05, 3.63) is 81.3 Å². The monoisotopic (exact) mass is 609 g/mol. The van der Waals surface area contributed by atoms with Gasteiger partial charge >= 0.3 is 5.97 Å². The average Bonchev–Trinajstić information content (AvgIpc) is 3.75. The standard InChI is InChI=1S/C29H28FN5O7S/c30-22-6-5-18(10-21(22)28(39)40)16-1-3-17(4-2-16)26(37)34-13-24(36)35-15-29(41-7-8-42-29)11-23(35)27(38)33-12-20-9-19(14-43-20)25(31)32/h1-6,9-10,14,23H,7-8,11-13,15H2,(H3,31,32)(H,33,38)(H,34,37)(H,39,40)/t23-/m0/s1. The Bertz CT molecular complexity index is 1590. The van der Waals surface area contributed by atoms with E-state index in [0.29, 0.717) is 29.9 Å². The summed E-state index contributed by atoms with van der Waals surface area (Å²) in [7, 11) is 0. The summed E-state index contributed by atoms with van der Waals surface area (Å²) in [6.45, 7) is 0.501. The number of nitrogens with zero attached hydrogens (tertiary/aromatic N) is 1. The highest BCUT2D eigenvalue weighted by molar-refractivity contribution is 7.10. The van der Waals surface area contributed by atoms with Gasteiger partial charge in [-0.2, -0.15) is 0 Å². The number of carbonyl (C=O) groups is 4. The van der Waals surface area contributed by atoms with E-state index in [4.69, 9.17) is 25.7 Å². The van der Waals surface area contributed by atoms with Crippen molar-refractivity contribution in [2.75, 3.05) is 26.3 Å². The van der Waals surface area contributed by atoms with Gasteiger partial charge < -0.3 is 35.8 Å².